The normalized spacial score (nSPS) is 26.6. The van der Waals surface area contributed by atoms with Crippen LogP contribution in [-0.2, 0) is 5.60 Å². The molecule has 0 spiro atoms. The first-order valence-electron chi connectivity index (χ1n) is 5.31. The summed E-state index contributed by atoms with van der Waals surface area (Å²) < 4.78 is 13.4. The van der Waals surface area contributed by atoms with Crippen molar-refractivity contribution in [3.63, 3.8) is 0 Å². The summed E-state index contributed by atoms with van der Waals surface area (Å²) in [6.07, 6.45) is 1.62. The molecule has 0 saturated carbocycles. The van der Waals surface area contributed by atoms with E-state index in [1.165, 1.54) is 6.07 Å². The van der Waals surface area contributed by atoms with Crippen molar-refractivity contribution in [3.05, 3.63) is 35.1 Å². The molecule has 1 heterocycles. The molecule has 3 heteroatoms. The van der Waals surface area contributed by atoms with Gasteiger partial charge in [0.15, 0.2) is 0 Å². The van der Waals surface area contributed by atoms with Crippen LogP contribution >= 0.6 is 0 Å². The van der Waals surface area contributed by atoms with E-state index < -0.39 is 5.60 Å². The lowest BCUT2D eigenvalue weighted by Gasteiger charge is -2.33. The Morgan fingerprint density at radius 1 is 1.47 bits per heavy atom. The fourth-order valence-electron chi connectivity index (χ4n) is 2.02. The summed E-state index contributed by atoms with van der Waals surface area (Å²) in [7, 11) is 0. The Hall–Kier alpha value is -0.930. The second-order valence-electron chi connectivity index (χ2n) is 4.28. The summed E-state index contributed by atoms with van der Waals surface area (Å²) in [4.78, 5) is 0. The number of halogens is 1. The van der Waals surface area contributed by atoms with E-state index in [2.05, 4.69) is 5.32 Å². The van der Waals surface area contributed by atoms with E-state index >= 15 is 0 Å². The van der Waals surface area contributed by atoms with Crippen LogP contribution in [0.15, 0.2) is 18.2 Å². The molecule has 1 saturated heterocycles. The maximum Gasteiger partial charge on any atom is 0.126 e. The molecule has 2 rings (SSSR count). The molecule has 1 aliphatic rings. The van der Waals surface area contributed by atoms with Gasteiger partial charge in [-0.25, -0.2) is 4.39 Å². The van der Waals surface area contributed by atoms with Crippen LogP contribution in [0.1, 0.15) is 24.0 Å². The van der Waals surface area contributed by atoms with E-state index in [4.69, 9.17) is 0 Å². The summed E-state index contributed by atoms with van der Waals surface area (Å²) >= 11 is 0. The molecule has 1 aliphatic heterocycles. The number of piperidine rings is 1. The number of aliphatic hydroxyl groups is 1. The zero-order valence-corrected chi connectivity index (χ0v) is 8.89. The van der Waals surface area contributed by atoms with Crippen LogP contribution in [0.2, 0.25) is 0 Å². The van der Waals surface area contributed by atoms with E-state index in [-0.39, 0.29) is 5.82 Å². The summed E-state index contributed by atoms with van der Waals surface area (Å²) in [5, 5.41) is 13.5. The minimum Gasteiger partial charge on any atom is -0.384 e. The van der Waals surface area contributed by atoms with Gasteiger partial charge < -0.3 is 10.4 Å². The first-order valence-corrected chi connectivity index (χ1v) is 5.31. The molecule has 0 aromatic heterocycles. The van der Waals surface area contributed by atoms with Gasteiger partial charge in [-0.3, -0.25) is 0 Å². The predicted molar refractivity (Wildman–Crippen MR) is 57.1 cm³/mol. The van der Waals surface area contributed by atoms with Gasteiger partial charge in [-0.1, -0.05) is 12.1 Å². The van der Waals surface area contributed by atoms with Crippen molar-refractivity contribution in [2.45, 2.75) is 25.4 Å². The van der Waals surface area contributed by atoms with E-state index in [0.29, 0.717) is 24.1 Å². The molecule has 1 aromatic rings. The van der Waals surface area contributed by atoms with Crippen LogP contribution in [0.25, 0.3) is 0 Å². The van der Waals surface area contributed by atoms with Gasteiger partial charge >= 0.3 is 0 Å². The number of aryl methyl sites for hydroxylation is 1. The largest absolute Gasteiger partial charge is 0.384 e. The highest BCUT2D eigenvalue weighted by atomic mass is 19.1. The Kier molecular flexibility index (Phi) is 2.76. The zero-order chi connectivity index (χ0) is 10.9. The number of nitrogens with one attached hydrogen (secondary N) is 1. The van der Waals surface area contributed by atoms with Gasteiger partial charge in [0.1, 0.15) is 11.4 Å². The van der Waals surface area contributed by atoms with Crippen molar-refractivity contribution in [2.24, 2.45) is 0 Å². The average Bonchev–Trinajstić information content (AvgIpc) is 2.23. The molecular weight excluding hydrogens is 193 g/mol. The number of benzene rings is 1. The molecule has 1 atom stereocenters. The summed E-state index contributed by atoms with van der Waals surface area (Å²) in [5.41, 5.74) is 0.399. The Labute approximate surface area is 89.1 Å². The first-order chi connectivity index (χ1) is 7.12. The standard InChI is InChI=1S/C12H16FNO/c1-9-3-4-10(7-11(9)13)12(15)5-2-6-14-8-12/h3-4,7,14-15H,2,5-6,8H2,1H3. The van der Waals surface area contributed by atoms with Crippen molar-refractivity contribution in [1.29, 1.82) is 0 Å². The molecule has 2 nitrogen and oxygen atoms in total. The van der Waals surface area contributed by atoms with Crippen LogP contribution < -0.4 is 5.32 Å². The molecule has 1 fully saturated rings. The van der Waals surface area contributed by atoms with Crippen molar-refractivity contribution in [3.8, 4) is 0 Å². The Morgan fingerprint density at radius 2 is 2.27 bits per heavy atom. The third kappa shape index (κ3) is 2.03. The van der Waals surface area contributed by atoms with Gasteiger partial charge in [0.2, 0.25) is 0 Å². The third-order valence-corrected chi connectivity index (χ3v) is 3.07. The van der Waals surface area contributed by atoms with E-state index in [1.54, 1.807) is 13.0 Å². The van der Waals surface area contributed by atoms with Gasteiger partial charge in [-0.2, -0.15) is 0 Å². The van der Waals surface area contributed by atoms with Crippen LogP contribution in [-0.4, -0.2) is 18.2 Å². The second kappa shape index (κ2) is 3.91. The molecule has 15 heavy (non-hydrogen) atoms. The van der Waals surface area contributed by atoms with Gasteiger partial charge in [0, 0.05) is 6.54 Å². The predicted octanol–water partition coefficient (Wildman–Crippen LogP) is 1.71. The number of β-amino-alcohol motifs (C(OH)–C–C–N with tert-alkyl or cyclic N) is 1. The van der Waals surface area contributed by atoms with Gasteiger partial charge in [0.25, 0.3) is 0 Å². The average molecular weight is 209 g/mol. The highest BCUT2D eigenvalue weighted by Gasteiger charge is 2.31. The number of hydrogen-bond acceptors (Lipinski definition) is 2. The summed E-state index contributed by atoms with van der Waals surface area (Å²) in [5.74, 6) is -0.244. The van der Waals surface area contributed by atoms with E-state index in [9.17, 15) is 9.50 Å². The van der Waals surface area contributed by atoms with Crippen molar-refractivity contribution in [2.75, 3.05) is 13.1 Å². The maximum absolute atomic E-state index is 13.4. The van der Waals surface area contributed by atoms with Crippen molar-refractivity contribution in [1.82, 2.24) is 5.32 Å². The van der Waals surface area contributed by atoms with Gasteiger partial charge in [0.05, 0.1) is 0 Å². The molecular formula is C12H16FNO. The molecule has 0 bridgehead atoms. The van der Waals surface area contributed by atoms with Crippen molar-refractivity contribution >= 4 is 0 Å². The zero-order valence-electron chi connectivity index (χ0n) is 8.89. The summed E-state index contributed by atoms with van der Waals surface area (Å²) in [6, 6.07) is 4.98. The van der Waals surface area contributed by atoms with Crippen LogP contribution in [0, 0.1) is 12.7 Å². The van der Waals surface area contributed by atoms with Crippen molar-refractivity contribution < 1.29 is 9.50 Å². The molecule has 1 unspecified atom stereocenters. The molecule has 0 amide bonds. The Balaban J connectivity index is 2.31. The Morgan fingerprint density at radius 3 is 2.87 bits per heavy atom. The second-order valence-corrected chi connectivity index (χ2v) is 4.28. The minimum absolute atomic E-state index is 0.244. The number of hydrogen-bond donors (Lipinski definition) is 2. The van der Waals surface area contributed by atoms with E-state index in [0.717, 1.165) is 13.0 Å². The first kappa shape index (κ1) is 10.6. The molecule has 2 N–H and O–H groups in total. The SMILES string of the molecule is Cc1ccc(C2(O)CCCNC2)cc1F. The van der Waals surface area contributed by atoms with Gasteiger partial charge in [-0.15, -0.1) is 0 Å². The molecule has 0 radical (unpaired) electrons. The van der Waals surface area contributed by atoms with Crippen LogP contribution in [0.3, 0.4) is 0 Å². The van der Waals surface area contributed by atoms with Crippen LogP contribution in [0.4, 0.5) is 4.39 Å². The van der Waals surface area contributed by atoms with Gasteiger partial charge in [-0.05, 0) is 43.5 Å². The Bertz CT molecular complexity index is 359. The fraction of sp³-hybridized carbons (Fsp3) is 0.500. The lowest BCUT2D eigenvalue weighted by Crippen LogP contribution is -2.43. The highest BCUT2D eigenvalue weighted by molar-refractivity contribution is 5.28. The maximum atomic E-state index is 13.4. The minimum atomic E-state index is -0.896. The highest BCUT2D eigenvalue weighted by Crippen LogP contribution is 2.29. The molecule has 0 aliphatic carbocycles. The topological polar surface area (TPSA) is 32.3 Å². The lowest BCUT2D eigenvalue weighted by atomic mass is 9.86. The molecule has 1 aromatic carbocycles. The lowest BCUT2D eigenvalue weighted by molar-refractivity contribution is 0.0120. The fourth-order valence-corrected chi connectivity index (χ4v) is 2.02. The van der Waals surface area contributed by atoms with E-state index in [1.807, 2.05) is 6.07 Å². The summed E-state index contributed by atoms with van der Waals surface area (Å²) in [6.45, 7) is 3.16. The quantitative estimate of drug-likeness (QED) is 0.738. The number of rotatable bonds is 1. The molecule has 82 valence electrons. The third-order valence-electron chi connectivity index (χ3n) is 3.07. The van der Waals surface area contributed by atoms with Crippen LogP contribution in [0.5, 0.6) is 0 Å². The smallest absolute Gasteiger partial charge is 0.126 e. The monoisotopic (exact) mass is 209 g/mol.